The highest BCUT2D eigenvalue weighted by molar-refractivity contribution is 6.11. The van der Waals surface area contributed by atoms with Crippen molar-refractivity contribution in [2.24, 2.45) is 4.99 Å². The molecule has 3 nitrogen and oxygen atoms in total. The van der Waals surface area contributed by atoms with Gasteiger partial charge in [-0.15, -0.1) is 0 Å². The number of aliphatic imine (C=N–C) groups is 1. The number of aromatic nitrogens is 1. The predicted molar refractivity (Wildman–Crippen MR) is 77.6 cm³/mol. The summed E-state index contributed by atoms with van der Waals surface area (Å²) in [5, 5.41) is 2.31. The minimum atomic E-state index is 0.297. The van der Waals surface area contributed by atoms with Gasteiger partial charge in [0.2, 0.25) is 6.08 Å². The van der Waals surface area contributed by atoms with Gasteiger partial charge in [-0.1, -0.05) is 30.3 Å². The van der Waals surface area contributed by atoms with Crippen molar-refractivity contribution in [2.75, 3.05) is 0 Å². The molecule has 0 bridgehead atoms. The first-order valence-corrected chi connectivity index (χ1v) is 6.33. The maximum Gasteiger partial charge on any atom is 0.240 e. The summed E-state index contributed by atoms with van der Waals surface area (Å²) in [6.07, 6.45) is 1.65. The first-order chi connectivity index (χ1) is 9.24. The average Bonchev–Trinajstić information content (AvgIpc) is 2.75. The van der Waals surface area contributed by atoms with E-state index in [-0.39, 0.29) is 0 Å². The normalized spacial score (nSPS) is 11.1. The quantitative estimate of drug-likeness (QED) is 0.492. The van der Waals surface area contributed by atoms with Crippen LogP contribution in [0.2, 0.25) is 0 Å². The van der Waals surface area contributed by atoms with Crippen molar-refractivity contribution < 1.29 is 4.79 Å². The third-order valence-corrected chi connectivity index (χ3v) is 3.39. The largest absolute Gasteiger partial charge is 0.336 e. The number of rotatable bonds is 2. The summed E-state index contributed by atoms with van der Waals surface area (Å²) in [6, 6.07) is 14.4. The van der Waals surface area contributed by atoms with Crippen LogP contribution < -0.4 is 0 Å². The zero-order valence-corrected chi connectivity index (χ0v) is 10.9. The molecule has 3 rings (SSSR count). The monoisotopic (exact) mass is 250 g/mol. The molecule has 0 saturated carbocycles. The molecule has 19 heavy (non-hydrogen) atoms. The Labute approximate surface area is 111 Å². The lowest BCUT2D eigenvalue weighted by Gasteiger charge is -2.12. The lowest BCUT2D eigenvalue weighted by molar-refractivity contribution is 0.565. The van der Waals surface area contributed by atoms with Gasteiger partial charge in [-0.05, 0) is 26.0 Å². The fourth-order valence-corrected chi connectivity index (χ4v) is 2.71. The Hall–Kier alpha value is -2.38. The van der Waals surface area contributed by atoms with Crippen molar-refractivity contribution in [3.8, 4) is 0 Å². The molecule has 1 aromatic heterocycles. The summed E-state index contributed by atoms with van der Waals surface area (Å²) < 4.78 is 2.22. The van der Waals surface area contributed by atoms with Gasteiger partial charge in [-0.2, -0.15) is 4.99 Å². The van der Waals surface area contributed by atoms with Crippen LogP contribution in [0, 0.1) is 0 Å². The summed E-state index contributed by atoms with van der Waals surface area (Å²) in [4.78, 5) is 14.5. The summed E-state index contributed by atoms with van der Waals surface area (Å²) in [6.45, 7) is 4.26. The highest BCUT2D eigenvalue weighted by Crippen LogP contribution is 2.36. The third kappa shape index (κ3) is 1.67. The molecule has 0 saturated heterocycles. The Balaban J connectivity index is 2.60. The lowest BCUT2D eigenvalue weighted by Crippen LogP contribution is -1.99. The Kier molecular flexibility index (Phi) is 2.69. The molecule has 3 heteroatoms. The first-order valence-electron chi connectivity index (χ1n) is 6.33. The molecular weight excluding hydrogens is 236 g/mol. The average molecular weight is 250 g/mol. The number of hydrogen-bond acceptors (Lipinski definition) is 2. The Bertz CT molecular complexity index is 808. The van der Waals surface area contributed by atoms with E-state index in [4.69, 9.17) is 0 Å². The summed E-state index contributed by atoms with van der Waals surface area (Å²) >= 11 is 0. The molecule has 0 atom stereocenters. The minimum Gasteiger partial charge on any atom is -0.336 e. The minimum absolute atomic E-state index is 0.297. The molecule has 3 aromatic rings. The lowest BCUT2D eigenvalue weighted by atomic mass is 10.1. The van der Waals surface area contributed by atoms with Crippen LogP contribution in [0.1, 0.15) is 19.9 Å². The van der Waals surface area contributed by atoms with Gasteiger partial charge in [-0.25, -0.2) is 4.79 Å². The molecule has 0 unspecified atom stereocenters. The van der Waals surface area contributed by atoms with Crippen LogP contribution in [0.4, 0.5) is 5.69 Å². The molecule has 94 valence electrons. The van der Waals surface area contributed by atoms with E-state index in [1.807, 2.05) is 24.3 Å². The van der Waals surface area contributed by atoms with Crippen LogP contribution in [-0.4, -0.2) is 10.6 Å². The van der Waals surface area contributed by atoms with Crippen LogP contribution in [0.3, 0.4) is 0 Å². The molecule has 0 radical (unpaired) electrons. The van der Waals surface area contributed by atoms with Crippen LogP contribution in [-0.2, 0) is 4.79 Å². The number of isocyanates is 1. The second-order valence-electron chi connectivity index (χ2n) is 4.86. The smallest absolute Gasteiger partial charge is 0.240 e. The molecule has 2 aromatic carbocycles. The predicted octanol–water partition coefficient (Wildman–Crippen LogP) is 4.34. The van der Waals surface area contributed by atoms with Gasteiger partial charge >= 0.3 is 0 Å². The molecule has 0 aliphatic rings. The summed E-state index contributed by atoms with van der Waals surface area (Å²) in [5.41, 5.74) is 2.85. The van der Waals surface area contributed by atoms with Gasteiger partial charge < -0.3 is 4.57 Å². The number of nitrogens with zero attached hydrogens (tertiary/aromatic N) is 2. The topological polar surface area (TPSA) is 34.4 Å². The highest BCUT2D eigenvalue weighted by atomic mass is 16.1. The number of fused-ring (bicyclic) bond motifs is 3. The maximum atomic E-state index is 10.6. The van der Waals surface area contributed by atoms with E-state index >= 15 is 0 Å². The summed E-state index contributed by atoms with van der Waals surface area (Å²) in [7, 11) is 0. The van der Waals surface area contributed by atoms with Crippen molar-refractivity contribution in [1.29, 1.82) is 0 Å². The first kappa shape index (κ1) is 11.7. The Morgan fingerprint density at radius 2 is 1.79 bits per heavy atom. The van der Waals surface area contributed by atoms with Crippen LogP contribution in [0.5, 0.6) is 0 Å². The SMILES string of the molecule is CC(C)n1c2ccccc2c2cccc(N=C=O)c21. The zero-order valence-electron chi connectivity index (χ0n) is 10.9. The molecular formula is C16H14N2O. The third-order valence-electron chi connectivity index (χ3n) is 3.39. The van der Waals surface area contributed by atoms with E-state index in [1.54, 1.807) is 6.08 Å². The number of carbonyl (C=O) groups excluding carboxylic acids is 1. The Morgan fingerprint density at radius 1 is 1.05 bits per heavy atom. The van der Waals surface area contributed by atoms with Gasteiger partial charge in [0, 0.05) is 22.3 Å². The molecule has 0 aliphatic heterocycles. The zero-order chi connectivity index (χ0) is 13.4. The van der Waals surface area contributed by atoms with Crippen molar-refractivity contribution in [3.05, 3.63) is 42.5 Å². The Morgan fingerprint density at radius 3 is 2.53 bits per heavy atom. The number of para-hydroxylation sites is 2. The van der Waals surface area contributed by atoms with Gasteiger partial charge in [0.15, 0.2) is 0 Å². The van der Waals surface area contributed by atoms with Gasteiger partial charge in [-0.3, -0.25) is 0 Å². The molecule has 0 N–H and O–H groups in total. The summed E-state index contributed by atoms with van der Waals surface area (Å²) in [5.74, 6) is 0. The van der Waals surface area contributed by atoms with Gasteiger partial charge in [0.25, 0.3) is 0 Å². The van der Waals surface area contributed by atoms with E-state index in [1.165, 1.54) is 10.9 Å². The van der Waals surface area contributed by atoms with E-state index in [0.29, 0.717) is 11.7 Å². The van der Waals surface area contributed by atoms with E-state index in [9.17, 15) is 4.79 Å². The molecule has 0 fully saturated rings. The van der Waals surface area contributed by atoms with E-state index < -0.39 is 0 Å². The maximum absolute atomic E-state index is 10.6. The molecule has 1 heterocycles. The fraction of sp³-hybridized carbons (Fsp3) is 0.188. The van der Waals surface area contributed by atoms with Crippen LogP contribution in [0.15, 0.2) is 47.5 Å². The van der Waals surface area contributed by atoms with Gasteiger partial charge in [0.05, 0.1) is 5.52 Å². The van der Waals surface area contributed by atoms with E-state index in [2.05, 4.69) is 41.6 Å². The number of benzene rings is 2. The standard InChI is InChI=1S/C16H14N2O/c1-11(2)18-15-9-4-3-6-12(15)13-7-5-8-14(16(13)18)17-10-19/h3-9,11H,1-2H3. The van der Waals surface area contributed by atoms with Crippen molar-refractivity contribution in [3.63, 3.8) is 0 Å². The second-order valence-corrected chi connectivity index (χ2v) is 4.86. The fourth-order valence-electron chi connectivity index (χ4n) is 2.71. The second kappa shape index (κ2) is 4.38. The highest BCUT2D eigenvalue weighted by Gasteiger charge is 2.14. The van der Waals surface area contributed by atoms with Crippen molar-refractivity contribution >= 4 is 33.6 Å². The van der Waals surface area contributed by atoms with Crippen LogP contribution in [0.25, 0.3) is 21.8 Å². The molecule has 0 aliphatic carbocycles. The van der Waals surface area contributed by atoms with Gasteiger partial charge in [0.1, 0.15) is 5.69 Å². The van der Waals surface area contributed by atoms with Crippen molar-refractivity contribution in [1.82, 2.24) is 4.57 Å². The van der Waals surface area contributed by atoms with E-state index in [0.717, 1.165) is 10.9 Å². The molecule has 0 spiro atoms. The van der Waals surface area contributed by atoms with Crippen molar-refractivity contribution in [2.45, 2.75) is 19.9 Å². The van der Waals surface area contributed by atoms with Crippen LogP contribution >= 0.6 is 0 Å². The molecule has 0 amide bonds. The number of hydrogen-bond donors (Lipinski definition) is 0.